The molecule has 2 rings (SSSR count). The average molecular weight is 354 g/mol. The van der Waals surface area contributed by atoms with Crippen LogP contribution in [0.25, 0.3) is 0 Å². The molecule has 134 valence electrons. The third kappa shape index (κ3) is 5.65. The second kappa shape index (κ2) is 8.70. The molecule has 0 radical (unpaired) electrons. The number of halogens is 1. The Labute approximate surface area is 149 Å². The van der Waals surface area contributed by atoms with Crippen LogP contribution in [0.4, 0.5) is 0 Å². The van der Waals surface area contributed by atoms with Crippen molar-refractivity contribution in [2.24, 2.45) is 0 Å². The maximum atomic E-state index is 12.0. The number of ether oxygens (including phenoxy) is 1. The van der Waals surface area contributed by atoms with Gasteiger partial charge in [0.05, 0.1) is 0 Å². The molecule has 24 heavy (non-hydrogen) atoms. The van der Waals surface area contributed by atoms with E-state index < -0.39 is 0 Å². The van der Waals surface area contributed by atoms with Crippen molar-refractivity contribution < 1.29 is 9.53 Å². The fourth-order valence-electron chi connectivity index (χ4n) is 2.83. The first-order valence-electron chi connectivity index (χ1n) is 8.53. The van der Waals surface area contributed by atoms with E-state index in [-0.39, 0.29) is 18.1 Å². The minimum absolute atomic E-state index is 0.0152. The Morgan fingerprint density at radius 2 is 1.83 bits per heavy atom. The number of amides is 1. The highest BCUT2D eigenvalue weighted by Gasteiger charge is 2.29. The van der Waals surface area contributed by atoms with Crippen molar-refractivity contribution in [3.8, 4) is 5.75 Å². The standard InChI is InChI=1S/C18H28ClN3O2/c1-4-21-9-11-22(12-10-21)18(2,3)14-20-17(23)13-24-16-7-5-15(19)6-8-16/h5-8H,4,9-14H2,1-3H3,(H,20,23). The van der Waals surface area contributed by atoms with Crippen molar-refractivity contribution in [3.63, 3.8) is 0 Å². The monoisotopic (exact) mass is 353 g/mol. The van der Waals surface area contributed by atoms with E-state index in [0.29, 0.717) is 17.3 Å². The fourth-order valence-corrected chi connectivity index (χ4v) is 2.95. The van der Waals surface area contributed by atoms with Gasteiger partial charge < -0.3 is 15.0 Å². The number of piperazine rings is 1. The van der Waals surface area contributed by atoms with Crippen LogP contribution >= 0.6 is 11.6 Å². The highest BCUT2D eigenvalue weighted by molar-refractivity contribution is 6.30. The van der Waals surface area contributed by atoms with Crippen molar-refractivity contribution in [3.05, 3.63) is 29.3 Å². The first-order valence-corrected chi connectivity index (χ1v) is 8.91. The molecule has 1 saturated heterocycles. The maximum absolute atomic E-state index is 12.0. The third-order valence-corrected chi connectivity index (χ3v) is 4.83. The molecule has 1 heterocycles. The lowest BCUT2D eigenvalue weighted by atomic mass is 10.0. The van der Waals surface area contributed by atoms with Gasteiger partial charge in [0.2, 0.25) is 0 Å². The van der Waals surface area contributed by atoms with Crippen molar-refractivity contribution in [2.75, 3.05) is 45.9 Å². The Bertz CT molecular complexity index is 526. The fraction of sp³-hybridized carbons (Fsp3) is 0.611. The number of carbonyl (C=O) groups excluding carboxylic acids is 1. The van der Waals surface area contributed by atoms with Crippen molar-refractivity contribution in [1.82, 2.24) is 15.1 Å². The van der Waals surface area contributed by atoms with Crippen LogP contribution < -0.4 is 10.1 Å². The number of nitrogens with zero attached hydrogens (tertiary/aromatic N) is 2. The lowest BCUT2D eigenvalue weighted by molar-refractivity contribution is -0.123. The average Bonchev–Trinajstić information content (AvgIpc) is 2.59. The van der Waals surface area contributed by atoms with Crippen LogP contribution in [0.2, 0.25) is 5.02 Å². The van der Waals surface area contributed by atoms with Crippen LogP contribution in [0, 0.1) is 0 Å². The number of hydrogen-bond acceptors (Lipinski definition) is 4. The Morgan fingerprint density at radius 3 is 2.42 bits per heavy atom. The van der Waals surface area contributed by atoms with Gasteiger partial charge in [0.15, 0.2) is 6.61 Å². The van der Waals surface area contributed by atoms with Crippen LogP contribution in [0.15, 0.2) is 24.3 Å². The molecule has 0 atom stereocenters. The molecule has 0 aliphatic carbocycles. The topological polar surface area (TPSA) is 44.8 Å². The Balaban J connectivity index is 1.72. The second-order valence-corrected chi connectivity index (χ2v) is 7.19. The molecule has 1 amide bonds. The largest absolute Gasteiger partial charge is 0.484 e. The van der Waals surface area contributed by atoms with Gasteiger partial charge in [-0.1, -0.05) is 18.5 Å². The van der Waals surface area contributed by atoms with Crippen molar-refractivity contribution in [2.45, 2.75) is 26.3 Å². The van der Waals surface area contributed by atoms with E-state index in [9.17, 15) is 4.79 Å². The van der Waals surface area contributed by atoms with Gasteiger partial charge in [-0.2, -0.15) is 0 Å². The first kappa shape index (κ1) is 19.0. The lowest BCUT2D eigenvalue weighted by Gasteiger charge is -2.44. The van der Waals surface area contributed by atoms with Gasteiger partial charge in [0.1, 0.15) is 5.75 Å². The van der Waals surface area contributed by atoms with E-state index in [1.54, 1.807) is 24.3 Å². The van der Waals surface area contributed by atoms with Gasteiger partial charge in [-0.3, -0.25) is 9.69 Å². The molecule has 6 heteroatoms. The Morgan fingerprint density at radius 1 is 1.21 bits per heavy atom. The maximum Gasteiger partial charge on any atom is 0.258 e. The van der Waals surface area contributed by atoms with Crippen LogP contribution in [-0.4, -0.2) is 67.1 Å². The van der Waals surface area contributed by atoms with Crippen LogP contribution in [0.5, 0.6) is 5.75 Å². The van der Waals surface area contributed by atoms with Crippen LogP contribution in [0.3, 0.4) is 0 Å². The van der Waals surface area contributed by atoms with E-state index in [4.69, 9.17) is 16.3 Å². The number of benzene rings is 1. The third-order valence-electron chi connectivity index (χ3n) is 4.58. The molecular formula is C18H28ClN3O2. The first-order chi connectivity index (χ1) is 11.4. The molecule has 1 aromatic rings. The molecule has 1 N–H and O–H groups in total. The predicted molar refractivity (Wildman–Crippen MR) is 97.7 cm³/mol. The molecule has 0 aromatic heterocycles. The second-order valence-electron chi connectivity index (χ2n) is 6.75. The summed E-state index contributed by atoms with van der Waals surface area (Å²) < 4.78 is 5.47. The zero-order valence-corrected chi connectivity index (χ0v) is 15.6. The summed E-state index contributed by atoms with van der Waals surface area (Å²) in [7, 11) is 0. The van der Waals surface area contributed by atoms with Gasteiger partial charge in [-0.25, -0.2) is 0 Å². The summed E-state index contributed by atoms with van der Waals surface area (Å²) in [6.07, 6.45) is 0. The Kier molecular flexibility index (Phi) is 6.90. The minimum atomic E-state index is -0.106. The molecule has 0 unspecified atom stereocenters. The molecule has 0 spiro atoms. The number of nitrogens with one attached hydrogen (secondary N) is 1. The van der Waals surface area contributed by atoms with E-state index >= 15 is 0 Å². The number of carbonyl (C=O) groups is 1. The number of hydrogen-bond donors (Lipinski definition) is 1. The number of rotatable bonds is 7. The highest BCUT2D eigenvalue weighted by Crippen LogP contribution is 2.17. The normalized spacial score (nSPS) is 16.8. The molecule has 1 aromatic carbocycles. The lowest BCUT2D eigenvalue weighted by Crippen LogP contribution is -2.58. The molecule has 0 bridgehead atoms. The van der Waals surface area contributed by atoms with E-state index in [1.807, 2.05) is 0 Å². The molecule has 1 aliphatic rings. The minimum Gasteiger partial charge on any atom is -0.484 e. The molecular weight excluding hydrogens is 326 g/mol. The van der Waals surface area contributed by atoms with E-state index in [1.165, 1.54) is 0 Å². The molecule has 1 fully saturated rings. The van der Waals surface area contributed by atoms with Gasteiger partial charge in [-0.05, 0) is 44.7 Å². The summed E-state index contributed by atoms with van der Waals surface area (Å²) in [6.45, 7) is 12.5. The highest BCUT2D eigenvalue weighted by atomic mass is 35.5. The quantitative estimate of drug-likeness (QED) is 0.816. The van der Waals surface area contributed by atoms with Gasteiger partial charge in [0, 0.05) is 43.3 Å². The van der Waals surface area contributed by atoms with Crippen LogP contribution in [0.1, 0.15) is 20.8 Å². The van der Waals surface area contributed by atoms with Gasteiger partial charge >= 0.3 is 0 Å². The van der Waals surface area contributed by atoms with Crippen molar-refractivity contribution in [1.29, 1.82) is 0 Å². The van der Waals surface area contributed by atoms with E-state index in [2.05, 4.69) is 35.9 Å². The SMILES string of the molecule is CCN1CCN(C(C)(C)CNC(=O)COc2ccc(Cl)cc2)CC1. The summed E-state index contributed by atoms with van der Waals surface area (Å²) in [4.78, 5) is 16.9. The van der Waals surface area contributed by atoms with Crippen molar-refractivity contribution >= 4 is 17.5 Å². The summed E-state index contributed by atoms with van der Waals surface area (Å²) in [5.74, 6) is 0.537. The molecule has 0 saturated carbocycles. The summed E-state index contributed by atoms with van der Waals surface area (Å²) in [5, 5.41) is 3.63. The van der Waals surface area contributed by atoms with Crippen LogP contribution in [-0.2, 0) is 4.79 Å². The smallest absolute Gasteiger partial charge is 0.258 e. The summed E-state index contributed by atoms with van der Waals surface area (Å²) in [6, 6.07) is 7.00. The van der Waals surface area contributed by atoms with Gasteiger partial charge in [0.25, 0.3) is 5.91 Å². The number of likely N-dealkylation sites (N-methyl/N-ethyl adjacent to an activating group) is 1. The molecule has 5 nitrogen and oxygen atoms in total. The summed E-state index contributed by atoms with van der Waals surface area (Å²) >= 11 is 5.82. The van der Waals surface area contributed by atoms with E-state index in [0.717, 1.165) is 32.7 Å². The zero-order chi connectivity index (χ0) is 17.6. The van der Waals surface area contributed by atoms with Gasteiger partial charge in [-0.15, -0.1) is 0 Å². The molecule has 1 aliphatic heterocycles. The Hall–Kier alpha value is -1.30. The summed E-state index contributed by atoms with van der Waals surface area (Å²) in [5.41, 5.74) is -0.0598. The predicted octanol–water partition coefficient (Wildman–Crippen LogP) is 2.25. The zero-order valence-electron chi connectivity index (χ0n) is 14.8.